The van der Waals surface area contributed by atoms with Crippen LogP contribution in [-0.4, -0.2) is 37.5 Å². The Hall–Kier alpha value is -1.49. The third-order valence-electron chi connectivity index (χ3n) is 6.87. The van der Waals surface area contributed by atoms with Crippen LogP contribution in [0.25, 0.3) is 21.8 Å². The van der Waals surface area contributed by atoms with Crippen LogP contribution in [0.5, 0.6) is 5.75 Å². The Morgan fingerprint density at radius 3 is 2.00 bits per heavy atom. The van der Waals surface area contributed by atoms with Crippen molar-refractivity contribution in [1.82, 2.24) is 4.98 Å². The molecule has 0 unspecified atom stereocenters. The number of nitrogens with zero attached hydrogens (tertiary/aromatic N) is 1. The van der Waals surface area contributed by atoms with E-state index in [9.17, 15) is 0 Å². The van der Waals surface area contributed by atoms with Gasteiger partial charge in [0, 0.05) is 0 Å². The van der Waals surface area contributed by atoms with Gasteiger partial charge in [-0.2, -0.15) is 0 Å². The normalized spacial score (nSPS) is 11.9. The fraction of sp³-hybridized carbons (Fsp3) is 0.519. The molecule has 0 aliphatic rings. The van der Waals surface area contributed by atoms with Gasteiger partial charge < -0.3 is 0 Å². The topological polar surface area (TPSA) is 34.1 Å². The second kappa shape index (κ2) is 11.4. The average molecular weight is 527 g/mol. The molecule has 0 saturated carbocycles. The first-order chi connectivity index (χ1) is 15.1. The Morgan fingerprint density at radius 2 is 1.45 bits per heavy atom. The van der Waals surface area contributed by atoms with Gasteiger partial charge in [0.1, 0.15) is 0 Å². The molecule has 4 heteroatoms. The predicted octanol–water partition coefficient (Wildman–Crippen LogP) is 7.49. The maximum atomic E-state index is 5.46. The molecule has 168 valence electrons. The minimum absolute atomic E-state index is 0.871. The van der Waals surface area contributed by atoms with Gasteiger partial charge in [0.15, 0.2) is 0 Å². The Morgan fingerprint density at radius 1 is 0.806 bits per heavy atom. The second-order valence-corrected chi connectivity index (χ2v) is 22.2. The number of methoxy groups -OCH3 is 1. The Kier molecular flexibility index (Phi) is 8.88. The molecule has 0 spiro atoms. The molecule has 1 aromatic heterocycles. The van der Waals surface area contributed by atoms with Crippen molar-refractivity contribution < 1.29 is 4.74 Å². The monoisotopic (exact) mass is 528 g/mol. The van der Waals surface area contributed by atoms with E-state index in [-0.39, 0.29) is 0 Å². The summed E-state index contributed by atoms with van der Waals surface area (Å²) in [4.78, 5) is 5.11. The first kappa shape index (κ1) is 24.2. The number of aromatic nitrogens is 1. The van der Waals surface area contributed by atoms with E-state index in [0.29, 0.717) is 0 Å². The molecule has 2 aromatic carbocycles. The third-order valence-corrected chi connectivity index (χ3v) is 22.5. The van der Waals surface area contributed by atoms with E-state index in [2.05, 4.69) is 56.4 Å². The van der Waals surface area contributed by atoms with Crippen molar-refractivity contribution in [3.8, 4) is 5.75 Å². The van der Waals surface area contributed by atoms with Crippen LogP contribution >= 0.6 is 0 Å². The number of unbranched alkanes of at least 4 members (excludes halogenated alkanes) is 3. The number of rotatable bonds is 12. The Bertz CT molecular complexity index is 980. The van der Waals surface area contributed by atoms with Gasteiger partial charge in [-0.25, -0.2) is 0 Å². The zero-order valence-corrected chi connectivity index (χ0v) is 23.0. The summed E-state index contributed by atoms with van der Waals surface area (Å²) in [5.74, 6) is 0.871. The van der Waals surface area contributed by atoms with Crippen LogP contribution in [0.2, 0.25) is 13.3 Å². The quantitative estimate of drug-likeness (QED) is 0.196. The summed E-state index contributed by atoms with van der Waals surface area (Å²) in [5.41, 5.74) is 3.33. The van der Waals surface area contributed by atoms with E-state index < -0.39 is 18.4 Å². The van der Waals surface area contributed by atoms with Crippen molar-refractivity contribution in [2.75, 3.05) is 19.5 Å². The summed E-state index contributed by atoms with van der Waals surface area (Å²) in [6.07, 6.45) is 8.06. The molecule has 1 heterocycles. The molecule has 0 radical (unpaired) electrons. The number of ether oxygens (including phenoxy) is 1. The third kappa shape index (κ3) is 5.30. The molecule has 0 aliphatic carbocycles. The molecule has 0 fully saturated rings. The Labute approximate surface area is 192 Å². The summed E-state index contributed by atoms with van der Waals surface area (Å²) in [5, 5.41) is 5.79. The van der Waals surface area contributed by atoms with E-state index >= 15 is 0 Å². The van der Waals surface area contributed by atoms with Gasteiger partial charge in [-0.05, 0) is 0 Å². The number of pyridine rings is 1. The maximum absolute atomic E-state index is 5.46. The average Bonchev–Trinajstić information content (AvgIpc) is 2.81. The van der Waals surface area contributed by atoms with Gasteiger partial charge in [0.2, 0.25) is 0 Å². The predicted molar refractivity (Wildman–Crippen MR) is 140 cm³/mol. The summed E-state index contributed by atoms with van der Waals surface area (Å²) < 4.78 is 11.6. The molecule has 0 amide bonds. The molecular formula is C27H40N2OSn. The summed E-state index contributed by atoms with van der Waals surface area (Å²) in [6, 6.07) is 13.5. The van der Waals surface area contributed by atoms with Gasteiger partial charge in [0.05, 0.1) is 0 Å². The first-order valence-corrected chi connectivity index (χ1v) is 19.7. The minimum atomic E-state index is -2.47. The van der Waals surface area contributed by atoms with Crippen LogP contribution in [0.15, 0.2) is 36.4 Å². The second-order valence-electron chi connectivity index (χ2n) is 8.94. The van der Waals surface area contributed by atoms with E-state index in [4.69, 9.17) is 9.72 Å². The van der Waals surface area contributed by atoms with E-state index in [1.54, 1.807) is 10.7 Å². The number of hydrogen-bond donors (Lipinski definition) is 1. The van der Waals surface area contributed by atoms with Crippen molar-refractivity contribution in [2.45, 2.75) is 72.6 Å². The summed E-state index contributed by atoms with van der Waals surface area (Å²) >= 11 is -2.47. The van der Waals surface area contributed by atoms with Crippen LogP contribution in [-0.2, 0) is 0 Å². The molecule has 0 bridgehead atoms. The van der Waals surface area contributed by atoms with Gasteiger partial charge in [-0.1, -0.05) is 0 Å². The number of anilines is 1. The summed E-state index contributed by atoms with van der Waals surface area (Å²) in [6.45, 7) is 7.04. The molecular weight excluding hydrogens is 487 g/mol. The van der Waals surface area contributed by atoms with Gasteiger partial charge >= 0.3 is 193 Å². The standard InChI is InChI=1S/C15H13N2O.3C4H9.Sn/c1-16-15-11-5-3-4-6-13(11)17-14-8-7-10(18-2)9-12(14)15;3*1-3-4-2;/h3,5-9H,1-2H3,(H,16,17);3*1,3-4H2,2H3;. The van der Waals surface area contributed by atoms with E-state index in [1.165, 1.54) is 57.2 Å². The number of benzene rings is 2. The van der Waals surface area contributed by atoms with Crippen LogP contribution in [0.3, 0.4) is 0 Å². The number of nitrogens with one attached hydrogen (secondary N) is 1. The van der Waals surface area contributed by atoms with Crippen molar-refractivity contribution in [2.24, 2.45) is 0 Å². The van der Waals surface area contributed by atoms with Gasteiger partial charge in [-0.3, -0.25) is 0 Å². The summed E-state index contributed by atoms with van der Waals surface area (Å²) in [7, 11) is 3.73. The van der Waals surface area contributed by atoms with E-state index in [1.807, 2.05) is 13.1 Å². The Balaban J connectivity index is 2.17. The zero-order valence-electron chi connectivity index (χ0n) is 20.2. The van der Waals surface area contributed by atoms with Gasteiger partial charge in [0.25, 0.3) is 0 Å². The molecule has 0 aliphatic heterocycles. The molecule has 31 heavy (non-hydrogen) atoms. The number of hydrogen-bond acceptors (Lipinski definition) is 3. The van der Waals surface area contributed by atoms with Crippen LogP contribution in [0.1, 0.15) is 59.3 Å². The van der Waals surface area contributed by atoms with Crippen LogP contribution in [0.4, 0.5) is 5.69 Å². The molecule has 1 N–H and O–H groups in total. The fourth-order valence-electron chi connectivity index (χ4n) is 5.00. The molecule has 3 aromatic rings. The van der Waals surface area contributed by atoms with Crippen molar-refractivity contribution in [3.05, 3.63) is 36.4 Å². The van der Waals surface area contributed by atoms with E-state index in [0.717, 1.165) is 27.9 Å². The fourth-order valence-corrected chi connectivity index (χ4v) is 20.9. The zero-order chi connectivity index (χ0) is 22.3. The molecule has 3 rings (SSSR count). The van der Waals surface area contributed by atoms with Crippen molar-refractivity contribution in [3.63, 3.8) is 0 Å². The number of fused-ring (bicyclic) bond motifs is 2. The van der Waals surface area contributed by atoms with Crippen molar-refractivity contribution in [1.29, 1.82) is 0 Å². The van der Waals surface area contributed by atoms with Crippen LogP contribution < -0.4 is 13.6 Å². The van der Waals surface area contributed by atoms with Crippen LogP contribution in [0, 0.1) is 0 Å². The molecule has 0 atom stereocenters. The van der Waals surface area contributed by atoms with Gasteiger partial charge in [-0.15, -0.1) is 0 Å². The van der Waals surface area contributed by atoms with Crippen molar-refractivity contribution >= 4 is 49.4 Å². The SMILES string of the molecule is CCC[CH2][Sn]([CH2]CCC)([CH2]CCC)[c]1ccc2c(NC)c3cc(OC)ccc3nc2c1. The molecule has 3 nitrogen and oxygen atoms in total. The molecule has 0 saturated heterocycles. The first-order valence-electron chi connectivity index (χ1n) is 12.2.